The summed E-state index contributed by atoms with van der Waals surface area (Å²) in [5.74, 6) is -0.143. The number of amides is 1. The number of hydrogen-bond acceptors (Lipinski definition) is 4. The van der Waals surface area contributed by atoms with Crippen molar-refractivity contribution >= 4 is 27.3 Å². The Morgan fingerprint density at radius 3 is 2.60 bits per heavy atom. The Morgan fingerprint density at radius 2 is 2.00 bits per heavy atom. The third-order valence-electron chi connectivity index (χ3n) is 4.01. The van der Waals surface area contributed by atoms with Gasteiger partial charge in [0.2, 0.25) is 10.0 Å². The Hall–Kier alpha value is -1.70. The van der Waals surface area contributed by atoms with Crippen LogP contribution in [-0.4, -0.2) is 14.3 Å². The number of carbonyl (C=O) groups excluding carboxylic acids is 1. The first-order chi connectivity index (χ1) is 11.8. The molecule has 1 aromatic carbocycles. The van der Waals surface area contributed by atoms with Gasteiger partial charge in [-0.2, -0.15) is 0 Å². The van der Waals surface area contributed by atoms with Gasteiger partial charge in [-0.25, -0.2) is 13.6 Å². The lowest BCUT2D eigenvalue weighted by Gasteiger charge is -2.14. The molecule has 2 rings (SSSR count). The number of nitrogens with one attached hydrogen (secondary N) is 1. The van der Waals surface area contributed by atoms with Crippen LogP contribution in [0.4, 0.5) is 0 Å². The summed E-state index contributed by atoms with van der Waals surface area (Å²) in [4.78, 5) is 14.5. The zero-order valence-electron chi connectivity index (χ0n) is 14.7. The maximum Gasteiger partial charge on any atom is 0.261 e. The molecular weight excluding hydrogens is 356 g/mol. The summed E-state index contributed by atoms with van der Waals surface area (Å²) in [7, 11) is -3.76. The van der Waals surface area contributed by atoms with Gasteiger partial charge in [0.05, 0.1) is 15.8 Å². The number of benzene rings is 1. The lowest BCUT2D eigenvalue weighted by Crippen LogP contribution is -2.26. The molecule has 0 fully saturated rings. The van der Waals surface area contributed by atoms with Crippen LogP contribution < -0.4 is 10.5 Å². The van der Waals surface area contributed by atoms with E-state index in [-0.39, 0.29) is 16.8 Å². The smallest absolute Gasteiger partial charge is 0.261 e. The first-order valence-electron chi connectivity index (χ1n) is 8.31. The van der Waals surface area contributed by atoms with Crippen molar-refractivity contribution in [1.82, 2.24) is 5.32 Å². The Labute approximate surface area is 153 Å². The quantitative estimate of drug-likeness (QED) is 0.771. The van der Waals surface area contributed by atoms with Crippen LogP contribution in [-0.2, 0) is 22.9 Å². The molecule has 0 saturated carbocycles. The molecule has 0 aliphatic rings. The maximum absolute atomic E-state index is 12.6. The Bertz CT molecular complexity index is 857. The Morgan fingerprint density at radius 1 is 1.28 bits per heavy atom. The molecule has 1 aromatic heterocycles. The molecule has 3 N–H and O–H groups in total. The van der Waals surface area contributed by atoms with Gasteiger partial charge in [-0.05, 0) is 49.1 Å². The predicted molar refractivity (Wildman–Crippen MR) is 101 cm³/mol. The third kappa shape index (κ3) is 4.90. The summed E-state index contributed by atoms with van der Waals surface area (Å²) in [6.07, 6.45) is 2.93. The van der Waals surface area contributed by atoms with Gasteiger partial charge < -0.3 is 5.32 Å². The largest absolute Gasteiger partial charge is 0.345 e. The molecule has 1 heterocycles. The molecule has 136 valence electrons. The zero-order valence-corrected chi connectivity index (χ0v) is 16.3. The lowest BCUT2D eigenvalue weighted by molar-refractivity contribution is 0.0944. The van der Waals surface area contributed by atoms with E-state index in [1.54, 1.807) is 12.1 Å². The van der Waals surface area contributed by atoms with E-state index in [0.717, 1.165) is 19.3 Å². The van der Waals surface area contributed by atoms with Gasteiger partial charge in [0.25, 0.3) is 5.91 Å². The number of nitrogens with two attached hydrogens (primary N) is 1. The summed E-state index contributed by atoms with van der Waals surface area (Å²) in [6.45, 7) is 6.03. The number of carbonyl (C=O) groups is 1. The second-order valence-corrected chi connectivity index (χ2v) is 8.67. The van der Waals surface area contributed by atoms with Gasteiger partial charge in [-0.15, -0.1) is 11.3 Å². The van der Waals surface area contributed by atoms with Crippen LogP contribution in [0.1, 0.15) is 58.9 Å². The van der Waals surface area contributed by atoms with Crippen molar-refractivity contribution in [2.45, 2.75) is 51.0 Å². The number of aryl methyl sites for hydroxylation is 2. The zero-order chi connectivity index (χ0) is 18.6. The molecule has 0 aliphatic carbocycles. The molecular formula is C18H24N2O3S2. The first-order valence-corrected chi connectivity index (χ1v) is 10.7. The van der Waals surface area contributed by atoms with E-state index in [9.17, 15) is 13.2 Å². The van der Waals surface area contributed by atoms with E-state index in [2.05, 4.69) is 19.2 Å². The molecule has 1 atom stereocenters. The average molecular weight is 381 g/mol. The van der Waals surface area contributed by atoms with E-state index in [1.807, 2.05) is 13.0 Å². The highest BCUT2D eigenvalue weighted by Gasteiger charge is 2.17. The summed E-state index contributed by atoms with van der Waals surface area (Å²) in [5.41, 5.74) is 1.92. The topological polar surface area (TPSA) is 89.3 Å². The van der Waals surface area contributed by atoms with E-state index in [1.165, 1.54) is 33.9 Å². The first kappa shape index (κ1) is 19.6. The molecule has 0 aliphatic heterocycles. The standard InChI is InChI=1S/C18H24N2O3S2/c1-4-7-16-13(5-2)11-17(24-16)18(21)20-12(3)14-8-6-9-15(10-14)25(19,22)23/h6,8-12H,4-5,7H2,1-3H3,(H,20,21)(H2,19,22,23). The molecule has 0 spiro atoms. The molecule has 5 nitrogen and oxygen atoms in total. The number of rotatable bonds is 7. The van der Waals surface area contributed by atoms with Gasteiger partial charge >= 0.3 is 0 Å². The van der Waals surface area contributed by atoms with E-state index in [4.69, 9.17) is 5.14 Å². The highest BCUT2D eigenvalue weighted by atomic mass is 32.2. The van der Waals surface area contributed by atoms with E-state index in [0.29, 0.717) is 10.4 Å². The second-order valence-electron chi connectivity index (χ2n) is 5.98. The minimum Gasteiger partial charge on any atom is -0.345 e. The van der Waals surface area contributed by atoms with Gasteiger partial charge in [-0.1, -0.05) is 32.4 Å². The lowest BCUT2D eigenvalue weighted by atomic mass is 10.1. The Balaban J connectivity index is 2.18. The van der Waals surface area contributed by atoms with Crippen LogP contribution >= 0.6 is 11.3 Å². The monoisotopic (exact) mass is 380 g/mol. The van der Waals surface area contributed by atoms with Crippen molar-refractivity contribution in [3.8, 4) is 0 Å². The van der Waals surface area contributed by atoms with Crippen molar-refractivity contribution in [2.75, 3.05) is 0 Å². The van der Waals surface area contributed by atoms with Gasteiger partial charge in [0.1, 0.15) is 0 Å². The third-order valence-corrected chi connectivity index (χ3v) is 6.16. The van der Waals surface area contributed by atoms with Gasteiger partial charge in [0, 0.05) is 4.88 Å². The minimum atomic E-state index is -3.76. The predicted octanol–water partition coefficient (Wildman–Crippen LogP) is 3.40. The molecule has 2 aromatic rings. The molecule has 0 saturated heterocycles. The Kier molecular flexibility index (Phi) is 6.37. The number of primary sulfonamides is 1. The summed E-state index contributed by atoms with van der Waals surface area (Å²) in [5, 5.41) is 8.10. The summed E-state index contributed by atoms with van der Waals surface area (Å²) < 4.78 is 23.0. The number of sulfonamides is 1. The molecule has 0 radical (unpaired) electrons. The SMILES string of the molecule is CCCc1sc(C(=O)NC(C)c2cccc(S(N)(=O)=O)c2)cc1CC. The van der Waals surface area contributed by atoms with Crippen LogP contribution in [0.2, 0.25) is 0 Å². The van der Waals surface area contributed by atoms with Crippen LogP contribution in [0.25, 0.3) is 0 Å². The fourth-order valence-electron chi connectivity index (χ4n) is 2.63. The summed E-state index contributed by atoms with van der Waals surface area (Å²) >= 11 is 1.53. The average Bonchev–Trinajstić information content (AvgIpc) is 2.97. The van der Waals surface area contributed by atoms with Gasteiger partial charge in [0.15, 0.2) is 0 Å². The molecule has 0 bridgehead atoms. The molecule has 7 heteroatoms. The van der Waals surface area contributed by atoms with Crippen molar-refractivity contribution < 1.29 is 13.2 Å². The fourth-order valence-corrected chi connectivity index (χ4v) is 4.46. The second kappa shape index (κ2) is 8.12. The van der Waals surface area contributed by atoms with E-state index >= 15 is 0 Å². The van der Waals surface area contributed by atoms with Crippen molar-refractivity contribution in [3.63, 3.8) is 0 Å². The van der Waals surface area contributed by atoms with E-state index < -0.39 is 10.0 Å². The van der Waals surface area contributed by atoms with Crippen molar-refractivity contribution in [2.24, 2.45) is 5.14 Å². The number of hydrogen-bond donors (Lipinski definition) is 2. The highest BCUT2D eigenvalue weighted by Crippen LogP contribution is 2.25. The van der Waals surface area contributed by atoms with Crippen molar-refractivity contribution in [3.05, 3.63) is 51.2 Å². The van der Waals surface area contributed by atoms with Crippen molar-refractivity contribution in [1.29, 1.82) is 0 Å². The van der Waals surface area contributed by atoms with Crippen LogP contribution in [0.3, 0.4) is 0 Å². The van der Waals surface area contributed by atoms with Gasteiger partial charge in [-0.3, -0.25) is 4.79 Å². The normalized spacial score (nSPS) is 12.8. The summed E-state index contributed by atoms with van der Waals surface area (Å²) in [6, 6.07) is 7.96. The molecule has 25 heavy (non-hydrogen) atoms. The minimum absolute atomic E-state index is 0.0423. The van der Waals surface area contributed by atoms with Crippen LogP contribution in [0, 0.1) is 0 Å². The highest BCUT2D eigenvalue weighted by molar-refractivity contribution is 7.89. The molecule has 1 amide bonds. The van der Waals surface area contributed by atoms with Crippen LogP contribution in [0.5, 0.6) is 0 Å². The molecule has 1 unspecified atom stereocenters. The fraction of sp³-hybridized carbons (Fsp3) is 0.389. The van der Waals surface area contributed by atoms with Crippen LogP contribution in [0.15, 0.2) is 35.2 Å². The maximum atomic E-state index is 12.6. The number of thiophene rings is 1.